The van der Waals surface area contributed by atoms with Crippen molar-refractivity contribution < 1.29 is 22.0 Å². The van der Waals surface area contributed by atoms with E-state index in [9.17, 15) is 17.6 Å². The van der Waals surface area contributed by atoms with Gasteiger partial charge in [-0.1, -0.05) is 12.2 Å². The van der Waals surface area contributed by atoms with Gasteiger partial charge in [0.1, 0.15) is 16.0 Å². The van der Waals surface area contributed by atoms with Crippen LogP contribution in [0.2, 0.25) is 0 Å². The topological polar surface area (TPSA) is 41.8 Å². The summed E-state index contributed by atoms with van der Waals surface area (Å²) in [5, 5.41) is 0.440. The number of nitrogens with one attached hydrogen (secondary N) is 1. The van der Waals surface area contributed by atoms with Crippen LogP contribution in [0.5, 0.6) is 0 Å². The maximum absolute atomic E-state index is 13.1. The zero-order valence-electron chi connectivity index (χ0n) is 10.2. The first kappa shape index (κ1) is 13.7. The Hall–Kier alpha value is -2.22. The molecule has 0 saturated carbocycles. The van der Waals surface area contributed by atoms with Crippen LogP contribution in [-0.2, 0) is 6.18 Å². The molecule has 0 saturated heterocycles. The highest BCUT2D eigenvalue weighted by Gasteiger charge is 2.34. The molecule has 0 radical (unpaired) electrons. The molecule has 0 bridgehead atoms. The van der Waals surface area contributed by atoms with Crippen LogP contribution in [0.25, 0.3) is 22.4 Å². The summed E-state index contributed by atoms with van der Waals surface area (Å²) in [7, 11) is 0. The number of rotatable bonds is 1. The smallest absolute Gasteiger partial charge is 0.449 e. The SMILES string of the molecule is Fc1ccc2oc(-c3cc(=S)nc(C(F)(F)F)[nH]3)cc2c1. The lowest BCUT2D eigenvalue weighted by Gasteiger charge is -2.06. The minimum Gasteiger partial charge on any atom is -0.455 e. The third-order valence-electron chi connectivity index (χ3n) is 2.76. The Morgan fingerprint density at radius 2 is 1.90 bits per heavy atom. The van der Waals surface area contributed by atoms with Gasteiger partial charge in [-0.05, 0) is 24.3 Å². The van der Waals surface area contributed by atoms with Crippen LogP contribution in [-0.4, -0.2) is 9.97 Å². The molecule has 0 atom stereocenters. The third kappa shape index (κ3) is 2.66. The fourth-order valence-corrected chi connectivity index (χ4v) is 2.08. The normalized spacial score (nSPS) is 12.0. The summed E-state index contributed by atoms with van der Waals surface area (Å²) in [4.78, 5) is 5.36. The molecule has 3 aromatic rings. The van der Waals surface area contributed by atoms with Crippen molar-refractivity contribution in [2.75, 3.05) is 0 Å². The Bertz CT molecular complexity index is 882. The molecule has 21 heavy (non-hydrogen) atoms. The van der Waals surface area contributed by atoms with Crippen molar-refractivity contribution in [2.24, 2.45) is 0 Å². The van der Waals surface area contributed by atoms with Crippen molar-refractivity contribution in [3.8, 4) is 11.5 Å². The number of benzene rings is 1. The van der Waals surface area contributed by atoms with Crippen molar-refractivity contribution >= 4 is 23.2 Å². The summed E-state index contributed by atoms with van der Waals surface area (Å²) in [5.74, 6) is -1.56. The molecule has 108 valence electrons. The van der Waals surface area contributed by atoms with E-state index in [1.807, 2.05) is 0 Å². The number of alkyl halides is 3. The van der Waals surface area contributed by atoms with Crippen LogP contribution in [0.1, 0.15) is 5.82 Å². The van der Waals surface area contributed by atoms with Crippen LogP contribution in [0, 0.1) is 10.5 Å². The Balaban J connectivity index is 2.18. The molecule has 0 aliphatic carbocycles. The lowest BCUT2D eigenvalue weighted by molar-refractivity contribution is -0.145. The monoisotopic (exact) mass is 314 g/mol. The van der Waals surface area contributed by atoms with Gasteiger partial charge in [-0.25, -0.2) is 9.37 Å². The predicted octanol–water partition coefficient (Wildman–Crippen LogP) is 4.71. The maximum atomic E-state index is 13.1. The molecule has 1 N–H and O–H groups in total. The van der Waals surface area contributed by atoms with Gasteiger partial charge in [0.05, 0.1) is 5.69 Å². The molecule has 2 heterocycles. The van der Waals surface area contributed by atoms with Crippen LogP contribution in [0.3, 0.4) is 0 Å². The molecule has 0 amide bonds. The summed E-state index contributed by atoms with van der Waals surface area (Å²) in [5.41, 5.74) is 0.384. The average Bonchev–Trinajstić information content (AvgIpc) is 2.80. The molecule has 0 spiro atoms. The zero-order valence-corrected chi connectivity index (χ0v) is 11.0. The van der Waals surface area contributed by atoms with Gasteiger partial charge in [0.2, 0.25) is 5.82 Å². The van der Waals surface area contributed by atoms with Crippen molar-refractivity contribution in [2.45, 2.75) is 6.18 Å². The largest absolute Gasteiger partial charge is 0.455 e. The van der Waals surface area contributed by atoms with E-state index < -0.39 is 17.8 Å². The lowest BCUT2D eigenvalue weighted by Crippen LogP contribution is -2.11. The first-order chi connectivity index (χ1) is 9.83. The van der Waals surface area contributed by atoms with Crippen LogP contribution >= 0.6 is 12.2 Å². The second-order valence-electron chi connectivity index (χ2n) is 4.27. The molecule has 3 rings (SSSR count). The third-order valence-corrected chi connectivity index (χ3v) is 2.96. The molecule has 0 aliphatic heterocycles. The number of furan rings is 1. The van der Waals surface area contributed by atoms with E-state index in [0.29, 0.717) is 11.0 Å². The van der Waals surface area contributed by atoms with Crippen molar-refractivity contribution in [1.29, 1.82) is 0 Å². The van der Waals surface area contributed by atoms with Gasteiger partial charge in [-0.15, -0.1) is 0 Å². The summed E-state index contributed by atoms with van der Waals surface area (Å²) in [6.45, 7) is 0. The minimum atomic E-state index is -4.65. The van der Waals surface area contributed by atoms with E-state index in [4.69, 9.17) is 16.6 Å². The van der Waals surface area contributed by atoms with E-state index in [0.717, 1.165) is 0 Å². The van der Waals surface area contributed by atoms with Gasteiger partial charge in [-0.3, -0.25) is 0 Å². The summed E-state index contributed by atoms with van der Waals surface area (Å²) in [6.07, 6.45) is -4.65. The number of aromatic amines is 1. The Morgan fingerprint density at radius 1 is 1.14 bits per heavy atom. The molecule has 0 fully saturated rings. The van der Waals surface area contributed by atoms with E-state index in [2.05, 4.69) is 9.97 Å². The zero-order chi connectivity index (χ0) is 15.2. The van der Waals surface area contributed by atoms with E-state index in [1.165, 1.54) is 30.3 Å². The molecule has 3 nitrogen and oxygen atoms in total. The van der Waals surface area contributed by atoms with Gasteiger partial charge in [0, 0.05) is 11.5 Å². The van der Waals surface area contributed by atoms with Crippen molar-refractivity contribution in [3.05, 3.63) is 46.6 Å². The van der Waals surface area contributed by atoms with Gasteiger partial charge in [0.25, 0.3) is 0 Å². The van der Waals surface area contributed by atoms with E-state index >= 15 is 0 Å². The molecule has 8 heteroatoms. The summed E-state index contributed by atoms with van der Waals surface area (Å²) >= 11 is 4.72. The number of nitrogens with zero attached hydrogens (tertiary/aromatic N) is 1. The predicted molar refractivity (Wildman–Crippen MR) is 69.6 cm³/mol. The van der Waals surface area contributed by atoms with Crippen LogP contribution in [0.15, 0.2) is 34.7 Å². The van der Waals surface area contributed by atoms with Crippen LogP contribution < -0.4 is 0 Å². The van der Waals surface area contributed by atoms with Crippen LogP contribution in [0.4, 0.5) is 17.6 Å². The van der Waals surface area contributed by atoms with Crippen molar-refractivity contribution in [1.82, 2.24) is 9.97 Å². The first-order valence-corrected chi connectivity index (χ1v) is 6.12. The second-order valence-corrected chi connectivity index (χ2v) is 4.69. The van der Waals surface area contributed by atoms with Gasteiger partial charge < -0.3 is 9.40 Å². The highest BCUT2D eigenvalue weighted by Crippen LogP contribution is 2.30. The fourth-order valence-electron chi connectivity index (χ4n) is 1.87. The lowest BCUT2D eigenvalue weighted by atomic mass is 10.2. The highest BCUT2D eigenvalue weighted by molar-refractivity contribution is 7.71. The number of fused-ring (bicyclic) bond motifs is 1. The molecule has 1 aromatic carbocycles. The number of H-pyrrole nitrogens is 1. The maximum Gasteiger partial charge on any atom is 0.449 e. The molecule has 2 aromatic heterocycles. The first-order valence-electron chi connectivity index (χ1n) is 5.71. The van der Waals surface area contributed by atoms with E-state index in [-0.39, 0.29) is 16.1 Å². The number of aromatic nitrogens is 2. The molecule has 0 aliphatic rings. The Labute approximate surface area is 120 Å². The van der Waals surface area contributed by atoms with Crippen molar-refractivity contribution in [3.63, 3.8) is 0 Å². The van der Waals surface area contributed by atoms with Gasteiger partial charge >= 0.3 is 6.18 Å². The number of halogens is 4. The highest BCUT2D eigenvalue weighted by atomic mass is 32.1. The molecular formula is C13H6F4N2OS. The summed E-state index contributed by atoms with van der Waals surface area (Å²) < 4.78 is 56.4. The average molecular weight is 314 g/mol. The number of hydrogen-bond acceptors (Lipinski definition) is 3. The Morgan fingerprint density at radius 3 is 2.62 bits per heavy atom. The van der Waals surface area contributed by atoms with Gasteiger partial charge in [-0.2, -0.15) is 13.2 Å². The standard InChI is InChI=1S/C13H6F4N2OS/c14-7-1-2-9-6(3-7)4-10(20-9)8-5-11(21)19-12(18-8)13(15,16)17/h1-5H,(H,18,19,21). The van der Waals surface area contributed by atoms with Gasteiger partial charge in [0.15, 0.2) is 5.76 Å². The second kappa shape index (κ2) is 4.66. The summed E-state index contributed by atoms with van der Waals surface area (Å²) in [6, 6.07) is 6.50. The molecular weight excluding hydrogens is 308 g/mol. The minimum absolute atomic E-state index is 0.0268. The van der Waals surface area contributed by atoms with E-state index in [1.54, 1.807) is 0 Å². The quantitative estimate of drug-likeness (QED) is 0.522. The number of hydrogen-bond donors (Lipinski definition) is 1. The fraction of sp³-hybridized carbons (Fsp3) is 0.0769. The Kier molecular flexibility index (Phi) is 3.05. The molecule has 0 unspecified atom stereocenters.